The maximum atomic E-state index is 11.1. The third kappa shape index (κ3) is 2.53. The van der Waals surface area contributed by atoms with Gasteiger partial charge in [-0.25, -0.2) is 9.97 Å². The number of halogens is 1. The Balaban J connectivity index is 2.13. The second kappa shape index (κ2) is 5.53. The molecule has 0 unspecified atom stereocenters. The second-order valence-corrected chi connectivity index (χ2v) is 4.82. The molecule has 7 nitrogen and oxygen atoms in total. The monoisotopic (exact) mass is 316 g/mol. The number of hydrogen-bond acceptors (Lipinski definition) is 6. The zero-order valence-electron chi connectivity index (χ0n) is 11.4. The van der Waals surface area contributed by atoms with Crippen LogP contribution in [0.15, 0.2) is 36.7 Å². The van der Waals surface area contributed by atoms with E-state index in [9.17, 15) is 10.1 Å². The lowest BCUT2D eigenvalue weighted by Crippen LogP contribution is -1.99. The first-order chi connectivity index (χ1) is 10.6. The average molecular weight is 317 g/mol. The molecule has 0 bridgehead atoms. The lowest BCUT2D eigenvalue weighted by molar-refractivity contribution is -0.386. The molecule has 110 valence electrons. The Labute approximate surface area is 129 Å². The molecule has 3 aromatic rings. The van der Waals surface area contributed by atoms with Crippen molar-refractivity contribution in [2.45, 2.75) is 6.92 Å². The molecule has 0 aliphatic heterocycles. The number of nitrogens with zero attached hydrogens (tertiary/aromatic N) is 4. The number of hydrogen-bond donors (Lipinski definition) is 0. The van der Waals surface area contributed by atoms with Gasteiger partial charge in [0.1, 0.15) is 11.8 Å². The van der Waals surface area contributed by atoms with E-state index < -0.39 is 10.6 Å². The van der Waals surface area contributed by atoms with Crippen molar-refractivity contribution in [2.24, 2.45) is 0 Å². The Morgan fingerprint density at radius 2 is 2.05 bits per heavy atom. The highest BCUT2D eigenvalue weighted by atomic mass is 35.5. The first-order valence-electron chi connectivity index (χ1n) is 6.25. The number of aromatic nitrogens is 3. The Morgan fingerprint density at radius 1 is 1.23 bits per heavy atom. The number of rotatable bonds is 3. The molecule has 0 saturated carbocycles. The molecule has 2 heterocycles. The summed E-state index contributed by atoms with van der Waals surface area (Å²) in [5.41, 5.74) is 0.916. The summed E-state index contributed by atoms with van der Waals surface area (Å²) in [4.78, 5) is 22.2. The van der Waals surface area contributed by atoms with Gasteiger partial charge in [0, 0.05) is 11.1 Å². The second-order valence-electron chi connectivity index (χ2n) is 4.46. The molecule has 0 N–H and O–H groups in total. The molecule has 0 spiro atoms. The van der Waals surface area contributed by atoms with Crippen LogP contribution in [0.5, 0.6) is 11.6 Å². The standard InChI is InChI=1S/C14H9ClN4O3/c1-8-5-6-9-3-2-4-10(11(9)18-8)22-14-12(19(20)21)13(15)16-7-17-14/h2-7H,1H3. The molecule has 2 aromatic heterocycles. The van der Waals surface area contributed by atoms with E-state index in [2.05, 4.69) is 15.0 Å². The van der Waals surface area contributed by atoms with Crippen molar-refractivity contribution in [3.05, 3.63) is 57.6 Å². The predicted octanol–water partition coefficient (Wildman–Crippen LogP) is 3.69. The highest BCUT2D eigenvalue weighted by Crippen LogP contribution is 2.35. The number of aryl methyl sites for hydroxylation is 1. The highest BCUT2D eigenvalue weighted by molar-refractivity contribution is 6.31. The van der Waals surface area contributed by atoms with Gasteiger partial charge in [0.25, 0.3) is 0 Å². The van der Waals surface area contributed by atoms with Gasteiger partial charge in [0.15, 0.2) is 5.75 Å². The summed E-state index contributed by atoms with van der Waals surface area (Å²) in [7, 11) is 0. The highest BCUT2D eigenvalue weighted by Gasteiger charge is 2.24. The van der Waals surface area contributed by atoms with E-state index in [-0.39, 0.29) is 11.0 Å². The van der Waals surface area contributed by atoms with Crippen molar-refractivity contribution in [1.29, 1.82) is 0 Å². The van der Waals surface area contributed by atoms with Gasteiger partial charge in [0.05, 0.1) is 4.92 Å². The molecular formula is C14H9ClN4O3. The van der Waals surface area contributed by atoms with Crippen LogP contribution in [-0.2, 0) is 0 Å². The van der Waals surface area contributed by atoms with Crippen LogP contribution >= 0.6 is 11.6 Å². The van der Waals surface area contributed by atoms with Crippen molar-refractivity contribution in [2.75, 3.05) is 0 Å². The minimum Gasteiger partial charge on any atom is -0.431 e. The first kappa shape index (κ1) is 14.2. The average Bonchev–Trinajstić information content (AvgIpc) is 2.47. The van der Waals surface area contributed by atoms with Gasteiger partial charge in [-0.2, -0.15) is 4.98 Å². The number of ether oxygens (including phenoxy) is 1. The number of para-hydroxylation sites is 1. The lowest BCUT2D eigenvalue weighted by Gasteiger charge is -2.08. The van der Waals surface area contributed by atoms with E-state index >= 15 is 0 Å². The van der Waals surface area contributed by atoms with Gasteiger partial charge in [0.2, 0.25) is 5.15 Å². The van der Waals surface area contributed by atoms with Crippen molar-refractivity contribution >= 4 is 28.2 Å². The van der Waals surface area contributed by atoms with Crippen LogP contribution in [0.3, 0.4) is 0 Å². The molecule has 22 heavy (non-hydrogen) atoms. The van der Waals surface area contributed by atoms with Crippen LogP contribution in [0, 0.1) is 17.0 Å². The lowest BCUT2D eigenvalue weighted by atomic mass is 10.2. The third-order valence-electron chi connectivity index (χ3n) is 2.96. The summed E-state index contributed by atoms with van der Waals surface area (Å²) in [6, 6.07) is 9.07. The van der Waals surface area contributed by atoms with E-state index in [1.807, 2.05) is 25.1 Å². The molecule has 0 aliphatic carbocycles. The molecule has 0 fully saturated rings. The third-order valence-corrected chi connectivity index (χ3v) is 3.23. The largest absolute Gasteiger partial charge is 0.431 e. The molecule has 3 rings (SSSR count). The molecule has 0 radical (unpaired) electrons. The van der Waals surface area contributed by atoms with Crippen LogP contribution in [0.1, 0.15) is 5.69 Å². The summed E-state index contributed by atoms with van der Waals surface area (Å²) in [5.74, 6) is 0.139. The molecule has 1 aromatic carbocycles. The Kier molecular flexibility index (Phi) is 3.56. The summed E-state index contributed by atoms with van der Waals surface area (Å²) < 4.78 is 5.58. The Hall–Kier alpha value is -2.80. The number of nitro groups is 1. The summed E-state index contributed by atoms with van der Waals surface area (Å²) in [6.45, 7) is 1.85. The van der Waals surface area contributed by atoms with E-state index in [1.54, 1.807) is 12.1 Å². The number of benzene rings is 1. The van der Waals surface area contributed by atoms with E-state index in [1.165, 1.54) is 0 Å². The topological polar surface area (TPSA) is 91.0 Å². The zero-order valence-corrected chi connectivity index (χ0v) is 12.1. The molecule has 0 aliphatic rings. The fourth-order valence-corrected chi connectivity index (χ4v) is 2.17. The van der Waals surface area contributed by atoms with Gasteiger partial charge in [-0.1, -0.05) is 29.8 Å². The quantitative estimate of drug-likeness (QED) is 0.416. The van der Waals surface area contributed by atoms with Crippen molar-refractivity contribution in [3.63, 3.8) is 0 Å². The first-order valence-corrected chi connectivity index (χ1v) is 6.63. The summed E-state index contributed by atoms with van der Waals surface area (Å²) in [6.07, 6.45) is 1.11. The van der Waals surface area contributed by atoms with Crippen LogP contribution in [0.4, 0.5) is 5.69 Å². The zero-order chi connectivity index (χ0) is 15.7. The molecule has 0 atom stereocenters. The van der Waals surface area contributed by atoms with Crippen LogP contribution in [0.25, 0.3) is 10.9 Å². The van der Waals surface area contributed by atoms with Crippen LogP contribution < -0.4 is 4.74 Å². The minimum atomic E-state index is -0.679. The Bertz CT molecular complexity index is 885. The van der Waals surface area contributed by atoms with Gasteiger partial charge < -0.3 is 4.74 Å². The summed E-state index contributed by atoms with van der Waals surface area (Å²) in [5, 5.41) is 11.7. The molecule has 8 heteroatoms. The SMILES string of the molecule is Cc1ccc2cccc(Oc3ncnc(Cl)c3[N+](=O)[O-])c2n1. The van der Waals surface area contributed by atoms with E-state index in [0.717, 1.165) is 17.4 Å². The fraction of sp³-hybridized carbons (Fsp3) is 0.0714. The van der Waals surface area contributed by atoms with Crippen LogP contribution in [0.2, 0.25) is 5.15 Å². The van der Waals surface area contributed by atoms with E-state index in [4.69, 9.17) is 16.3 Å². The fourth-order valence-electron chi connectivity index (χ4n) is 1.97. The van der Waals surface area contributed by atoms with Crippen LogP contribution in [-0.4, -0.2) is 19.9 Å². The van der Waals surface area contributed by atoms with E-state index in [0.29, 0.717) is 11.3 Å². The van der Waals surface area contributed by atoms with Gasteiger partial charge >= 0.3 is 11.6 Å². The van der Waals surface area contributed by atoms with Gasteiger partial charge in [-0.3, -0.25) is 10.1 Å². The summed E-state index contributed by atoms with van der Waals surface area (Å²) >= 11 is 5.75. The van der Waals surface area contributed by atoms with Crippen molar-refractivity contribution in [3.8, 4) is 11.6 Å². The molecule has 0 amide bonds. The van der Waals surface area contributed by atoms with Gasteiger partial charge in [-0.15, -0.1) is 0 Å². The predicted molar refractivity (Wildman–Crippen MR) is 80.3 cm³/mol. The Morgan fingerprint density at radius 3 is 2.82 bits per heavy atom. The minimum absolute atomic E-state index is 0.221. The maximum Gasteiger partial charge on any atom is 0.368 e. The molecular weight excluding hydrogens is 308 g/mol. The van der Waals surface area contributed by atoms with Crippen molar-refractivity contribution < 1.29 is 9.66 Å². The maximum absolute atomic E-state index is 11.1. The number of fused-ring (bicyclic) bond motifs is 1. The number of pyridine rings is 1. The van der Waals surface area contributed by atoms with Crippen molar-refractivity contribution in [1.82, 2.24) is 15.0 Å². The molecule has 0 saturated heterocycles. The smallest absolute Gasteiger partial charge is 0.368 e. The normalized spacial score (nSPS) is 10.6. The van der Waals surface area contributed by atoms with Gasteiger partial charge in [-0.05, 0) is 19.1 Å².